The molecule has 0 aromatic heterocycles. The van der Waals surface area contributed by atoms with E-state index in [2.05, 4.69) is 0 Å². The first-order chi connectivity index (χ1) is 11.6. The summed E-state index contributed by atoms with van der Waals surface area (Å²) >= 11 is 14.2. The third kappa shape index (κ3) is 3.86. The highest BCUT2D eigenvalue weighted by Gasteiger charge is 2.30. The number of thiocarbonyl (C=S) groups is 1. The maximum Gasteiger partial charge on any atom is 0.266 e. The second-order valence-corrected chi connectivity index (χ2v) is 8.25. The predicted octanol–water partition coefficient (Wildman–Crippen LogP) is 5.71. The van der Waals surface area contributed by atoms with E-state index >= 15 is 0 Å². The Kier molecular flexibility index (Phi) is 5.66. The summed E-state index contributed by atoms with van der Waals surface area (Å²) in [7, 11) is 0. The summed E-state index contributed by atoms with van der Waals surface area (Å²) < 4.78 is 0.622. The summed E-state index contributed by atoms with van der Waals surface area (Å²) in [6, 6.07) is 15.7. The number of carbonyl (C=O) groups is 1. The minimum Gasteiger partial charge on any atom is -0.293 e. The number of carbonyl (C=O) groups excluding carboxylic acids is 1. The molecule has 6 heteroatoms. The molecule has 0 saturated carbocycles. The monoisotopic (exact) mass is 391 g/mol. The Labute approximate surface area is 160 Å². The van der Waals surface area contributed by atoms with Crippen LogP contribution in [-0.2, 0) is 4.79 Å². The molecule has 0 unspecified atom stereocenters. The molecule has 1 aliphatic rings. The van der Waals surface area contributed by atoms with Gasteiger partial charge in [-0.05, 0) is 48.9 Å². The van der Waals surface area contributed by atoms with E-state index in [0.29, 0.717) is 15.8 Å². The van der Waals surface area contributed by atoms with Gasteiger partial charge in [-0.1, -0.05) is 65.5 Å². The van der Waals surface area contributed by atoms with Gasteiger partial charge >= 0.3 is 0 Å². The molecule has 24 heavy (non-hydrogen) atoms. The topological polar surface area (TPSA) is 20.3 Å². The molecule has 2 aromatic carbocycles. The zero-order valence-corrected chi connectivity index (χ0v) is 16.1. The number of halogens is 1. The zero-order valence-electron chi connectivity index (χ0n) is 12.9. The molecule has 3 rings (SSSR count). The predicted molar refractivity (Wildman–Crippen MR) is 108 cm³/mol. The molecule has 122 valence electrons. The summed E-state index contributed by atoms with van der Waals surface area (Å²) in [6.07, 6.45) is 1.92. The van der Waals surface area contributed by atoms with Gasteiger partial charge in [-0.3, -0.25) is 9.69 Å². The second kappa shape index (κ2) is 7.74. The van der Waals surface area contributed by atoms with Crippen LogP contribution in [0.3, 0.4) is 0 Å². The van der Waals surface area contributed by atoms with Gasteiger partial charge in [-0.15, -0.1) is 0 Å². The first-order valence-electron chi connectivity index (χ1n) is 7.36. The van der Waals surface area contributed by atoms with Gasteiger partial charge in [-0.2, -0.15) is 0 Å². The van der Waals surface area contributed by atoms with Gasteiger partial charge in [0.2, 0.25) is 0 Å². The third-order valence-corrected chi connectivity index (χ3v) is 6.17. The van der Waals surface area contributed by atoms with Crippen molar-refractivity contribution in [1.29, 1.82) is 0 Å². The van der Waals surface area contributed by atoms with Crippen LogP contribution in [0.1, 0.15) is 12.5 Å². The largest absolute Gasteiger partial charge is 0.293 e. The van der Waals surface area contributed by atoms with Crippen LogP contribution in [0.4, 0.5) is 0 Å². The van der Waals surface area contributed by atoms with E-state index in [0.717, 1.165) is 20.4 Å². The van der Waals surface area contributed by atoms with Crippen LogP contribution in [0, 0.1) is 0 Å². The van der Waals surface area contributed by atoms with Crippen molar-refractivity contribution in [2.24, 2.45) is 0 Å². The Morgan fingerprint density at radius 2 is 1.92 bits per heavy atom. The van der Waals surface area contributed by atoms with Crippen molar-refractivity contribution in [1.82, 2.24) is 4.90 Å². The molecule has 0 N–H and O–H groups in total. The fourth-order valence-corrected chi connectivity index (χ4v) is 4.65. The fraction of sp³-hybridized carbons (Fsp3) is 0.111. The first-order valence-corrected chi connectivity index (χ1v) is 9.78. The summed E-state index contributed by atoms with van der Waals surface area (Å²) in [5.74, 6) is -0.0150. The fourth-order valence-electron chi connectivity index (χ4n) is 2.24. The average Bonchev–Trinajstić information content (AvgIpc) is 2.85. The smallest absolute Gasteiger partial charge is 0.266 e. The van der Waals surface area contributed by atoms with Crippen LogP contribution in [0.15, 0.2) is 63.2 Å². The van der Waals surface area contributed by atoms with Crippen molar-refractivity contribution in [3.05, 3.63) is 64.0 Å². The number of benzene rings is 2. The van der Waals surface area contributed by atoms with E-state index in [4.69, 9.17) is 23.8 Å². The van der Waals surface area contributed by atoms with Crippen molar-refractivity contribution >= 4 is 63.6 Å². The van der Waals surface area contributed by atoms with Crippen molar-refractivity contribution < 1.29 is 4.79 Å². The molecule has 0 bridgehead atoms. The Morgan fingerprint density at radius 3 is 2.58 bits per heavy atom. The van der Waals surface area contributed by atoms with E-state index in [9.17, 15) is 4.79 Å². The van der Waals surface area contributed by atoms with Crippen molar-refractivity contribution in [3.63, 3.8) is 0 Å². The van der Waals surface area contributed by atoms with Crippen molar-refractivity contribution in [2.75, 3.05) is 6.54 Å². The molecule has 1 amide bonds. The standard InChI is InChI=1S/C18H14ClNOS3/c1-2-20-17(21)16(24-18(20)22)11-12-5-3-4-6-15(12)23-14-9-7-13(19)8-10-14/h3-11H,2H2,1H3/b16-11-. The number of hydrogen-bond donors (Lipinski definition) is 0. The molecule has 0 radical (unpaired) electrons. The Balaban J connectivity index is 1.90. The number of thioether (sulfide) groups is 1. The van der Waals surface area contributed by atoms with E-state index in [-0.39, 0.29) is 5.91 Å². The van der Waals surface area contributed by atoms with E-state index in [1.54, 1.807) is 16.7 Å². The van der Waals surface area contributed by atoms with Gasteiger partial charge in [0.05, 0.1) is 4.91 Å². The molecule has 1 fully saturated rings. The van der Waals surface area contributed by atoms with Gasteiger partial charge in [0.15, 0.2) is 0 Å². The van der Waals surface area contributed by atoms with Crippen molar-refractivity contribution in [3.8, 4) is 0 Å². The van der Waals surface area contributed by atoms with Gasteiger partial charge < -0.3 is 0 Å². The molecule has 1 saturated heterocycles. The van der Waals surface area contributed by atoms with Gasteiger partial charge in [0.25, 0.3) is 5.91 Å². The molecule has 2 nitrogen and oxygen atoms in total. The summed E-state index contributed by atoms with van der Waals surface area (Å²) in [5, 5.41) is 0.718. The SMILES string of the molecule is CCN1C(=O)/C(=C/c2ccccc2Sc2ccc(Cl)cc2)SC1=S. The molecule has 0 atom stereocenters. The minimum atomic E-state index is -0.0150. The molecular formula is C18H14ClNOS3. The highest BCUT2D eigenvalue weighted by Crippen LogP contribution is 2.36. The lowest BCUT2D eigenvalue weighted by atomic mass is 10.2. The number of rotatable bonds is 4. The lowest BCUT2D eigenvalue weighted by Crippen LogP contribution is -2.27. The summed E-state index contributed by atoms with van der Waals surface area (Å²) in [5.41, 5.74) is 1.01. The average molecular weight is 392 g/mol. The van der Waals surface area contributed by atoms with Crippen molar-refractivity contribution in [2.45, 2.75) is 16.7 Å². The number of nitrogens with zero attached hydrogens (tertiary/aromatic N) is 1. The van der Waals surface area contributed by atoms with E-state index in [1.807, 2.05) is 61.5 Å². The lowest BCUT2D eigenvalue weighted by Gasteiger charge is -2.10. The molecule has 0 spiro atoms. The lowest BCUT2D eigenvalue weighted by molar-refractivity contribution is -0.121. The summed E-state index contributed by atoms with van der Waals surface area (Å²) in [4.78, 5) is 16.9. The van der Waals surface area contributed by atoms with E-state index in [1.165, 1.54) is 11.8 Å². The van der Waals surface area contributed by atoms with Crippen LogP contribution in [-0.4, -0.2) is 21.7 Å². The van der Waals surface area contributed by atoms with Crippen LogP contribution in [0.2, 0.25) is 5.02 Å². The van der Waals surface area contributed by atoms with Crippen LogP contribution in [0.5, 0.6) is 0 Å². The Morgan fingerprint density at radius 1 is 1.21 bits per heavy atom. The van der Waals surface area contributed by atoms with Gasteiger partial charge in [-0.25, -0.2) is 0 Å². The normalized spacial score (nSPS) is 16.2. The number of hydrogen-bond acceptors (Lipinski definition) is 4. The maximum absolute atomic E-state index is 12.4. The quantitative estimate of drug-likeness (QED) is 0.491. The van der Waals surface area contributed by atoms with Gasteiger partial charge in [0, 0.05) is 21.4 Å². The third-order valence-electron chi connectivity index (χ3n) is 3.44. The highest BCUT2D eigenvalue weighted by atomic mass is 35.5. The second-order valence-electron chi connectivity index (χ2n) is 5.02. The molecule has 0 aliphatic carbocycles. The molecular weight excluding hydrogens is 378 g/mol. The highest BCUT2D eigenvalue weighted by molar-refractivity contribution is 8.26. The molecule has 1 aliphatic heterocycles. The summed E-state index contributed by atoms with van der Waals surface area (Å²) in [6.45, 7) is 2.53. The molecule has 1 heterocycles. The van der Waals surface area contributed by atoms with Crippen LogP contribution in [0.25, 0.3) is 6.08 Å². The first kappa shape index (κ1) is 17.5. The number of likely N-dealkylation sites (N-methyl/N-ethyl adjacent to an activating group) is 1. The Hall–Kier alpha value is -1.27. The minimum absolute atomic E-state index is 0.0150. The number of amides is 1. The maximum atomic E-state index is 12.4. The zero-order chi connectivity index (χ0) is 17.1. The van der Waals surface area contributed by atoms with E-state index < -0.39 is 0 Å². The molecule has 2 aromatic rings. The van der Waals surface area contributed by atoms with Crippen LogP contribution >= 0.6 is 47.3 Å². The Bertz CT molecular complexity index is 817. The van der Waals surface area contributed by atoms with Crippen LogP contribution < -0.4 is 0 Å². The van der Waals surface area contributed by atoms with Gasteiger partial charge in [0.1, 0.15) is 4.32 Å².